The first-order chi connectivity index (χ1) is 19.7. The number of benzene rings is 2. The summed E-state index contributed by atoms with van der Waals surface area (Å²) in [5.74, 6) is 5.49. The van der Waals surface area contributed by atoms with Crippen molar-refractivity contribution in [2.24, 2.45) is 0 Å². The third-order valence-electron chi connectivity index (χ3n) is 6.21. The van der Waals surface area contributed by atoms with Crippen LogP contribution in [0.4, 0.5) is 10.1 Å². The van der Waals surface area contributed by atoms with E-state index in [2.05, 4.69) is 40.9 Å². The number of thiophene rings is 1. The quantitative estimate of drug-likeness (QED) is 0.236. The molecule has 8 nitrogen and oxygen atoms in total. The molecule has 0 saturated carbocycles. The Bertz CT molecular complexity index is 1680. The molecule has 0 radical (unpaired) electrons. The van der Waals surface area contributed by atoms with Gasteiger partial charge in [-0.05, 0) is 36.9 Å². The summed E-state index contributed by atoms with van der Waals surface area (Å²) in [6.07, 6.45) is 2.63. The van der Waals surface area contributed by atoms with Crippen LogP contribution in [0.1, 0.15) is 24.3 Å². The molecule has 0 spiro atoms. The first-order valence-corrected chi connectivity index (χ1v) is 15.7. The number of aromatic nitrogens is 1. The number of fused-ring (bicyclic) bond motifs is 1. The van der Waals surface area contributed by atoms with E-state index in [-0.39, 0.29) is 18.0 Å². The molecule has 2 aromatic carbocycles. The van der Waals surface area contributed by atoms with E-state index in [9.17, 15) is 13.2 Å². The van der Waals surface area contributed by atoms with Gasteiger partial charge < -0.3 is 10.1 Å². The van der Waals surface area contributed by atoms with E-state index in [0.717, 1.165) is 44.9 Å². The summed E-state index contributed by atoms with van der Waals surface area (Å²) in [5, 5.41) is 2.56. The van der Waals surface area contributed by atoms with Gasteiger partial charge in [-0.3, -0.25) is 14.7 Å². The standard InChI is InChI=1S/C30H31FN4O4S2/c1-4-34(5-2)17-9-12-24-19-26-30(40-24)28(15-16-32-26)39-27-14-13-23(18-25(27)31)33-29(36)21-35(41(3,37)38)20-22-10-7-6-8-11-22/h6-8,10-11,13-16,18-19H,4-5,17,20-21H2,1-3H3,(H,33,36). The van der Waals surface area contributed by atoms with Crippen LogP contribution < -0.4 is 10.1 Å². The molecule has 0 atom stereocenters. The average Bonchev–Trinajstić information content (AvgIpc) is 3.36. The van der Waals surface area contributed by atoms with Gasteiger partial charge in [-0.15, -0.1) is 11.3 Å². The number of anilines is 1. The van der Waals surface area contributed by atoms with E-state index < -0.39 is 28.3 Å². The molecule has 0 aliphatic rings. The van der Waals surface area contributed by atoms with Crippen LogP contribution in [0, 0.1) is 17.7 Å². The van der Waals surface area contributed by atoms with Crippen LogP contribution >= 0.6 is 11.3 Å². The van der Waals surface area contributed by atoms with Crippen LogP contribution in [0.5, 0.6) is 11.5 Å². The minimum atomic E-state index is -3.66. The van der Waals surface area contributed by atoms with Crippen molar-refractivity contribution < 1.29 is 22.3 Å². The number of sulfonamides is 1. The molecule has 0 aliphatic carbocycles. The molecular weight excluding hydrogens is 563 g/mol. The molecule has 0 aliphatic heterocycles. The van der Waals surface area contributed by atoms with E-state index in [4.69, 9.17) is 4.74 Å². The van der Waals surface area contributed by atoms with Gasteiger partial charge in [-0.2, -0.15) is 4.31 Å². The number of pyridine rings is 1. The number of amides is 1. The number of ether oxygens (including phenoxy) is 1. The Balaban J connectivity index is 1.44. The predicted molar refractivity (Wildman–Crippen MR) is 161 cm³/mol. The van der Waals surface area contributed by atoms with Gasteiger partial charge in [0.2, 0.25) is 15.9 Å². The fourth-order valence-electron chi connectivity index (χ4n) is 3.96. The summed E-state index contributed by atoms with van der Waals surface area (Å²) >= 11 is 1.42. The summed E-state index contributed by atoms with van der Waals surface area (Å²) in [5.41, 5.74) is 1.62. The van der Waals surface area contributed by atoms with Gasteiger partial charge in [-0.25, -0.2) is 12.8 Å². The molecule has 214 valence electrons. The molecule has 0 bridgehead atoms. The molecule has 4 rings (SSSR count). The number of rotatable bonds is 11. The maximum Gasteiger partial charge on any atom is 0.239 e. The topological polar surface area (TPSA) is 91.8 Å². The minimum absolute atomic E-state index is 0.0279. The molecule has 0 saturated heterocycles. The van der Waals surface area contributed by atoms with E-state index in [1.165, 1.54) is 23.5 Å². The third-order valence-corrected chi connectivity index (χ3v) is 8.46. The number of carbonyl (C=O) groups excluding carboxylic acids is 1. The average molecular weight is 595 g/mol. The number of nitrogens with one attached hydrogen (secondary N) is 1. The zero-order chi connectivity index (χ0) is 29.4. The smallest absolute Gasteiger partial charge is 0.239 e. The first kappa shape index (κ1) is 30.1. The van der Waals surface area contributed by atoms with Crippen molar-refractivity contribution >= 4 is 43.2 Å². The van der Waals surface area contributed by atoms with Gasteiger partial charge in [0.15, 0.2) is 11.6 Å². The van der Waals surface area contributed by atoms with Gasteiger partial charge in [0.05, 0.1) is 34.4 Å². The summed E-state index contributed by atoms with van der Waals surface area (Å²) in [7, 11) is -3.66. The van der Waals surface area contributed by atoms with Gasteiger partial charge in [0.1, 0.15) is 5.75 Å². The van der Waals surface area contributed by atoms with Crippen molar-refractivity contribution in [2.45, 2.75) is 20.4 Å². The molecule has 1 N–H and O–H groups in total. The molecule has 0 unspecified atom stereocenters. The van der Waals surface area contributed by atoms with Crippen LogP contribution in [0.2, 0.25) is 0 Å². The molecular formula is C30H31FN4O4S2. The van der Waals surface area contributed by atoms with Crippen LogP contribution in [-0.2, 0) is 21.4 Å². The number of halogens is 1. The number of hydrogen-bond donors (Lipinski definition) is 1. The Kier molecular flexibility index (Phi) is 10.1. The highest BCUT2D eigenvalue weighted by Gasteiger charge is 2.21. The number of hydrogen-bond acceptors (Lipinski definition) is 7. The third kappa shape index (κ3) is 8.34. The lowest BCUT2D eigenvalue weighted by molar-refractivity contribution is -0.116. The summed E-state index contributed by atoms with van der Waals surface area (Å²) in [6, 6.07) is 16.5. The van der Waals surface area contributed by atoms with Crippen molar-refractivity contribution in [3.63, 3.8) is 0 Å². The highest BCUT2D eigenvalue weighted by Crippen LogP contribution is 2.36. The van der Waals surface area contributed by atoms with Crippen LogP contribution in [0.25, 0.3) is 10.2 Å². The van der Waals surface area contributed by atoms with Crippen molar-refractivity contribution in [3.05, 3.63) is 83.1 Å². The fourth-order valence-corrected chi connectivity index (χ4v) is 5.64. The molecule has 41 heavy (non-hydrogen) atoms. The summed E-state index contributed by atoms with van der Waals surface area (Å²) in [4.78, 5) is 20.1. The lowest BCUT2D eigenvalue weighted by Gasteiger charge is -2.19. The lowest BCUT2D eigenvalue weighted by Crippen LogP contribution is -2.36. The molecule has 1 amide bonds. The second-order valence-electron chi connectivity index (χ2n) is 9.21. The largest absolute Gasteiger partial charge is 0.453 e. The molecule has 11 heteroatoms. The van der Waals surface area contributed by atoms with Crippen LogP contribution in [0.3, 0.4) is 0 Å². The second-order valence-corrected chi connectivity index (χ2v) is 12.2. The Morgan fingerprint density at radius 1 is 1.07 bits per heavy atom. The zero-order valence-corrected chi connectivity index (χ0v) is 24.7. The predicted octanol–water partition coefficient (Wildman–Crippen LogP) is 5.32. The van der Waals surface area contributed by atoms with Gasteiger partial charge >= 0.3 is 0 Å². The van der Waals surface area contributed by atoms with Crippen molar-refractivity contribution in [2.75, 3.05) is 37.8 Å². The van der Waals surface area contributed by atoms with Gasteiger partial charge in [-0.1, -0.05) is 56.0 Å². The monoisotopic (exact) mass is 594 g/mol. The Labute approximate surface area is 243 Å². The molecule has 2 aromatic heterocycles. The molecule has 0 fully saturated rings. The fraction of sp³-hybridized carbons (Fsp3) is 0.267. The van der Waals surface area contributed by atoms with Crippen molar-refractivity contribution in [3.8, 4) is 23.3 Å². The highest BCUT2D eigenvalue weighted by molar-refractivity contribution is 7.88. The van der Waals surface area contributed by atoms with E-state index in [1.807, 2.05) is 12.1 Å². The number of nitrogens with zero attached hydrogens (tertiary/aromatic N) is 3. The summed E-state index contributed by atoms with van der Waals surface area (Å²) < 4.78 is 47.2. The summed E-state index contributed by atoms with van der Waals surface area (Å²) in [6.45, 7) is 6.35. The van der Waals surface area contributed by atoms with Crippen LogP contribution in [-0.4, -0.2) is 60.9 Å². The maximum atomic E-state index is 15.0. The normalized spacial score (nSPS) is 11.5. The maximum absolute atomic E-state index is 15.0. The minimum Gasteiger partial charge on any atom is -0.453 e. The zero-order valence-electron chi connectivity index (χ0n) is 23.1. The van der Waals surface area contributed by atoms with Crippen molar-refractivity contribution in [1.82, 2.24) is 14.2 Å². The Morgan fingerprint density at radius 2 is 1.83 bits per heavy atom. The SMILES string of the molecule is CCN(CC)CC#Cc1cc2nccc(Oc3ccc(NC(=O)CN(Cc4ccccc4)S(C)(=O)=O)cc3F)c2s1. The van der Waals surface area contributed by atoms with Gasteiger partial charge in [0.25, 0.3) is 0 Å². The lowest BCUT2D eigenvalue weighted by atomic mass is 10.2. The van der Waals surface area contributed by atoms with Crippen LogP contribution in [0.15, 0.2) is 66.9 Å². The van der Waals surface area contributed by atoms with E-state index >= 15 is 4.39 Å². The van der Waals surface area contributed by atoms with E-state index in [0.29, 0.717) is 17.8 Å². The number of carbonyl (C=O) groups is 1. The molecule has 2 heterocycles. The van der Waals surface area contributed by atoms with Gasteiger partial charge in [0, 0.05) is 30.6 Å². The van der Waals surface area contributed by atoms with Crippen molar-refractivity contribution in [1.29, 1.82) is 0 Å². The highest BCUT2D eigenvalue weighted by atomic mass is 32.2. The van der Waals surface area contributed by atoms with E-state index in [1.54, 1.807) is 36.5 Å². The Morgan fingerprint density at radius 3 is 2.51 bits per heavy atom. The first-order valence-electron chi connectivity index (χ1n) is 13.0. The second kappa shape index (κ2) is 13.7. The molecule has 4 aromatic rings. The Hall–Kier alpha value is -3.82.